The van der Waals surface area contributed by atoms with Gasteiger partial charge in [-0.15, -0.1) is 0 Å². The number of para-hydroxylation sites is 1. The van der Waals surface area contributed by atoms with Crippen LogP contribution in [-0.2, 0) is 6.42 Å². The summed E-state index contributed by atoms with van der Waals surface area (Å²) in [4.78, 5) is 4.75. The van der Waals surface area contributed by atoms with Gasteiger partial charge in [0.25, 0.3) is 0 Å². The highest BCUT2D eigenvalue weighted by Gasteiger charge is 2.04. The normalized spacial score (nSPS) is 11.3. The van der Waals surface area contributed by atoms with Crippen molar-refractivity contribution in [3.63, 3.8) is 0 Å². The summed E-state index contributed by atoms with van der Waals surface area (Å²) in [5, 5.41) is 1.14. The lowest BCUT2D eigenvalue weighted by Crippen LogP contribution is -1.99. The van der Waals surface area contributed by atoms with E-state index in [1.54, 1.807) is 0 Å². The Hall–Kier alpha value is -1.57. The summed E-state index contributed by atoms with van der Waals surface area (Å²) in [5.41, 5.74) is 9.17. The predicted octanol–water partition coefficient (Wildman–Crippen LogP) is 7.84. The van der Waals surface area contributed by atoms with Crippen molar-refractivity contribution in [2.45, 2.75) is 103 Å². The second-order valence-electron chi connectivity index (χ2n) is 8.06. The van der Waals surface area contributed by atoms with Crippen LogP contribution in [-0.4, -0.2) is 4.98 Å². The number of nitrogen functional groups attached to an aromatic ring is 1. The Balaban J connectivity index is 1.45. The molecule has 0 aliphatic rings. The smallest absolute Gasteiger partial charge is 0.0706 e. The van der Waals surface area contributed by atoms with Crippen LogP contribution in [0.2, 0.25) is 0 Å². The van der Waals surface area contributed by atoms with Crippen molar-refractivity contribution in [1.29, 1.82) is 0 Å². The number of hydrogen-bond donors (Lipinski definition) is 1. The van der Waals surface area contributed by atoms with E-state index in [0.29, 0.717) is 0 Å². The van der Waals surface area contributed by atoms with Gasteiger partial charge in [0.15, 0.2) is 0 Å². The van der Waals surface area contributed by atoms with E-state index in [1.807, 2.05) is 12.1 Å². The third-order valence-corrected chi connectivity index (χ3v) is 5.60. The third kappa shape index (κ3) is 8.77. The molecule has 1 aromatic carbocycles. The predicted molar refractivity (Wildman–Crippen MR) is 120 cm³/mol. The number of benzene rings is 1. The number of pyridine rings is 1. The molecule has 27 heavy (non-hydrogen) atoms. The Morgan fingerprint density at radius 2 is 1.22 bits per heavy atom. The van der Waals surface area contributed by atoms with Crippen molar-refractivity contribution < 1.29 is 0 Å². The van der Waals surface area contributed by atoms with Crippen molar-refractivity contribution >= 4 is 16.6 Å². The first-order chi connectivity index (χ1) is 13.3. The van der Waals surface area contributed by atoms with Crippen LogP contribution in [0, 0.1) is 0 Å². The molecule has 0 unspecified atom stereocenters. The molecule has 0 aliphatic carbocycles. The molecule has 2 heteroatoms. The Labute approximate surface area is 167 Å². The number of aromatic nitrogens is 1. The molecule has 1 aromatic heterocycles. The van der Waals surface area contributed by atoms with Gasteiger partial charge in [-0.05, 0) is 25.0 Å². The number of nitrogens with two attached hydrogens (primary N) is 1. The number of nitrogens with zero attached hydrogens (tertiary/aromatic N) is 1. The summed E-state index contributed by atoms with van der Waals surface area (Å²) in [5.74, 6) is 0. The molecule has 0 atom stereocenters. The van der Waals surface area contributed by atoms with E-state index in [9.17, 15) is 0 Å². The number of hydrogen-bond acceptors (Lipinski definition) is 2. The molecule has 0 bridgehead atoms. The highest BCUT2D eigenvalue weighted by Crippen LogP contribution is 2.20. The average molecular weight is 369 g/mol. The van der Waals surface area contributed by atoms with E-state index in [1.165, 1.54) is 89.9 Å². The Morgan fingerprint density at radius 3 is 1.81 bits per heavy atom. The molecule has 1 heterocycles. The second-order valence-corrected chi connectivity index (χ2v) is 8.06. The molecule has 0 radical (unpaired) electrons. The second kappa shape index (κ2) is 13.6. The molecule has 0 amide bonds. The standard InChI is InChI=1S/C25H40N2/c1-2-3-4-5-6-7-8-9-10-11-12-13-14-15-20-25-23(26)21-22-18-16-17-19-24(22)27-25/h16-19,21H,2-15,20,26H2,1H3. The van der Waals surface area contributed by atoms with Gasteiger partial charge >= 0.3 is 0 Å². The number of anilines is 1. The first kappa shape index (κ1) is 21.7. The Kier molecular flexibility index (Phi) is 10.9. The van der Waals surface area contributed by atoms with Gasteiger partial charge in [-0.3, -0.25) is 4.98 Å². The van der Waals surface area contributed by atoms with Crippen LogP contribution in [0.1, 0.15) is 103 Å². The van der Waals surface area contributed by atoms with E-state index >= 15 is 0 Å². The van der Waals surface area contributed by atoms with Crippen molar-refractivity contribution in [3.05, 3.63) is 36.0 Å². The van der Waals surface area contributed by atoms with Gasteiger partial charge in [-0.25, -0.2) is 0 Å². The maximum atomic E-state index is 6.18. The van der Waals surface area contributed by atoms with Crippen LogP contribution >= 0.6 is 0 Å². The average Bonchev–Trinajstić information content (AvgIpc) is 2.68. The number of unbranched alkanes of at least 4 members (excludes halogenated alkanes) is 13. The van der Waals surface area contributed by atoms with Crippen LogP contribution in [0.4, 0.5) is 5.69 Å². The highest BCUT2D eigenvalue weighted by atomic mass is 14.7. The zero-order valence-electron chi connectivity index (χ0n) is 17.5. The fraction of sp³-hybridized carbons (Fsp3) is 0.640. The number of aryl methyl sites for hydroxylation is 1. The van der Waals surface area contributed by atoms with E-state index in [0.717, 1.165) is 28.7 Å². The summed E-state index contributed by atoms with van der Waals surface area (Å²) in [6, 6.07) is 10.3. The van der Waals surface area contributed by atoms with Crippen LogP contribution in [0.25, 0.3) is 10.9 Å². The van der Waals surface area contributed by atoms with Crippen molar-refractivity contribution in [1.82, 2.24) is 4.98 Å². The maximum absolute atomic E-state index is 6.18. The molecule has 2 nitrogen and oxygen atoms in total. The topological polar surface area (TPSA) is 38.9 Å². The molecule has 2 rings (SSSR count). The number of rotatable bonds is 15. The number of fused-ring (bicyclic) bond motifs is 1. The van der Waals surface area contributed by atoms with Crippen LogP contribution < -0.4 is 5.73 Å². The van der Waals surface area contributed by atoms with Crippen LogP contribution in [0.5, 0.6) is 0 Å². The first-order valence-corrected chi connectivity index (χ1v) is 11.5. The molecule has 0 fully saturated rings. The van der Waals surface area contributed by atoms with Crippen LogP contribution in [0.3, 0.4) is 0 Å². The molecular weight excluding hydrogens is 328 g/mol. The van der Waals surface area contributed by atoms with Gasteiger partial charge in [-0.1, -0.05) is 109 Å². The quantitative estimate of drug-likeness (QED) is 0.325. The summed E-state index contributed by atoms with van der Waals surface area (Å²) in [7, 11) is 0. The molecule has 0 aliphatic heterocycles. The molecule has 150 valence electrons. The van der Waals surface area contributed by atoms with Gasteiger partial charge in [0.2, 0.25) is 0 Å². The minimum atomic E-state index is 0.850. The zero-order valence-corrected chi connectivity index (χ0v) is 17.5. The molecule has 0 spiro atoms. The largest absolute Gasteiger partial charge is 0.397 e. The highest BCUT2D eigenvalue weighted by molar-refractivity contribution is 5.82. The fourth-order valence-corrected chi connectivity index (χ4v) is 3.86. The Morgan fingerprint density at radius 1 is 0.704 bits per heavy atom. The minimum absolute atomic E-state index is 0.850. The summed E-state index contributed by atoms with van der Waals surface area (Å²) >= 11 is 0. The summed E-state index contributed by atoms with van der Waals surface area (Å²) < 4.78 is 0. The van der Waals surface area contributed by atoms with Gasteiger partial charge in [-0.2, -0.15) is 0 Å². The van der Waals surface area contributed by atoms with Gasteiger partial charge in [0, 0.05) is 5.39 Å². The zero-order chi connectivity index (χ0) is 19.2. The van der Waals surface area contributed by atoms with Gasteiger partial charge < -0.3 is 5.73 Å². The first-order valence-electron chi connectivity index (χ1n) is 11.5. The van der Waals surface area contributed by atoms with E-state index < -0.39 is 0 Å². The monoisotopic (exact) mass is 368 g/mol. The van der Waals surface area contributed by atoms with E-state index in [2.05, 4.69) is 25.1 Å². The third-order valence-electron chi connectivity index (χ3n) is 5.60. The van der Waals surface area contributed by atoms with Crippen molar-refractivity contribution in [2.24, 2.45) is 0 Å². The van der Waals surface area contributed by atoms with E-state index in [-0.39, 0.29) is 0 Å². The Bertz CT molecular complexity index is 635. The molecule has 2 N–H and O–H groups in total. The van der Waals surface area contributed by atoms with Gasteiger partial charge in [0.1, 0.15) is 0 Å². The fourth-order valence-electron chi connectivity index (χ4n) is 3.86. The maximum Gasteiger partial charge on any atom is 0.0706 e. The van der Waals surface area contributed by atoms with Crippen molar-refractivity contribution in [2.75, 3.05) is 5.73 Å². The molecule has 0 saturated heterocycles. The SMILES string of the molecule is CCCCCCCCCCCCCCCCc1nc2ccccc2cc1N. The van der Waals surface area contributed by atoms with E-state index in [4.69, 9.17) is 10.7 Å². The molecule has 2 aromatic rings. The summed E-state index contributed by atoms with van der Waals surface area (Å²) in [6.45, 7) is 2.29. The lowest BCUT2D eigenvalue weighted by Gasteiger charge is -2.07. The van der Waals surface area contributed by atoms with Crippen molar-refractivity contribution in [3.8, 4) is 0 Å². The molecule has 0 saturated carbocycles. The van der Waals surface area contributed by atoms with Crippen LogP contribution in [0.15, 0.2) is 30.3 Å². The lowest BCUT2D eigenvalue weighted by atomic mass is 10.0. The van der Waals surface area contributed by atoms with Gasteiger partial charge in [0.05, 0.1) is 16.9 Å². The minimum Gasteiger partial charge on any atom is -0.397 e. The lowest BCUT2D eigenvalue weighted by molar-refractivity contribution is 0.535. The summed E-state index contributed by atoms with van der Waals surface area (Å²) in [6.07, 6.45) is 20.5. The molecular formula is C25H40N2.